The van der Waals surface area contributed by atoms with Gasteiger partial charge in [0.1, 0.15) is 0 Å². The van der Waals surface area contributed by atoms with Gasteiger partial charge in [0, 0.05) is 6.42 Å². The summed E-state index contributed by atoms with van der Waals surface area (Å²) in [5.41, 5.74) is -3.02. The van der Waals surface area contributed by atoms with Crippen LogP contribution in [0.25, 0.3) is 0 Å². The maximum absolute atomic E-state index is 10.9. The molecule has 12 nitrogen and oxygen atoms in total. The number of hydrogen-bond acceptors (Lipinski definition) is 9. The van der Waals surface area contributed by atoms with Crippen molar-refractivity contribution in [3.05, 3.63) is 12.2 Å². The van der Waals surface area contributed by atoms with Gasteiger partial charge in [0.2, 0.25) is 0 Å². The second-order valence-corrected chi connectivity index (χ2v) is 9.90. The number of methoxy groups -OCH3 is 1. The van der Waals surface area contributed by atoms with Crippen LogP contribution in [-0.2, 0) is 38.5 Å². The van der Waals surface area contributed by atoms with E-state index in [0.29, 0.717) is 6.42 Å². The molecule has 0 aromatic heterocycles. The van der Waals surface area contributed by atoms with Crippen molar-refractivity contribution in [1.29, 1.82) is 0 Å². The summed E-state index contributed by atoms with van der Waals surface area (Å²) in [7, 11) is -3.69. The van der Waals surface area contributed by atoms with E-state index in [1.807, 2.05) is 0 Å². The first-order chi connectivity index (χ1) is 17.8. The third-order valence-corrected chi connectivity index (χ3v) is 5.74. The summed E-state index contributed by atoms with van der Waals surface area (Å²) in [4.78, 5) is 42.5. The van der Waals surface area contributed by atoms with E-state index in [-0.39, 0.29) is 65.1 Å². The Morgan fingerprint density at radius 1 is 0.750 bits per heavy atom. The first kappa shape index (κ1) is 46.4. The Kier molecular flexibility index (Phi) is 33.2. The number of esters is 1. The molecule has 15 heteroatoms. The Bertz CT molecular complexity index is 834. The summed E-state index contributed by atoms with van der Waals surface area (Å²) < 4.78 is 36.2. The molecule has 0 fully saturated rings. The van der Waals surface area contributed by atoms with Gasteiger partial charge in [-0.3, -0.25) is 18.9 Å². The van der Waals surface area contributed by atoms with Gasteiger partial charge in [-0.05, 0) is 32.1 Å². The topological polar surface area (TPSA) is 202 Å². The van der Waals surface area contributed by atoms with Crippen LogP contribution in [-0.4, -0.2) is 124 Å². The molecule has 4 N–H and O–H groups in total. The summed E-state index contributed by atoms with van der Waals surface area (Å²) >= 11 is 0. The zero-order valence-corrected chi connectivity index (χ0v) is 23.2. The van der Waals surface area contributed by atoms with Crippen molar-refractivity contribution in [3.63, 3.8) is 0 Å². The normalized spacial score (nSPS) is 12.1. The summed E-state index contributed by atoms with van der Waals surface area (Å²) in [5, 5.41) is 26.1. The molecule has 0 rings (SSSR count). The van der Waals surface area contributed by atoms with Crippen LogP contribution in [0.4, 0.5) is 0 Å². The fourth-order valence-corrected chi connectivity index (χ4v) is 3.59. The van der Waals surface area contributed by atoms with Gasteiger partial charge in [0.25, 0.3) is 0 Å². The number of aliphatic carboxylic acids is 2. The van der Waals surface area contributed by atoms with Crippen LogP contribution in [0.5, 0.6) is 0 Å². The molecule has 0 aliphatic rings. The van der Waals surface area contributed by atoms with E-state index < -0.39 is 46.7 Å². The van der Waals surface area contributed by atoms with E-state index in [9.17, 15) is 32.7 Å². The van der Waals surface area contributed by atoms with Gasteiger partial charge in [-0.25, -0.2) is 4.79 Å². The van der Waals surface area contributed by atoms with Crippen LogP contribution in [0.3, 0.4) is 0 Å². The molecule has 226 valence electrons. The van der Waals surface area contributed by atoms with Gasteiger partial charge in [0.05, 0.1) is 20.0 Å². The number of aliphatic hydroxyl groups is 1. The first-order valence-electron chi connectivity index (χ1n) is 12.9. The molecule has 0 bridgehead atoms. The van der Waals surface area contributed by atoms with Crippen molar-refractivity contribution >= 4 is 93.4 Å². The van der Waals surface area contributed by atoms with E-state index >= 15 is 0 Å². The van der Waals surface area contributed by atoms with E-state index in [0.717, 1.165) is 12.8 Å². The fourth-order valence-electron chi connectivity index (χ4n) is 3.29. The summed E-state index contributed by atoms with van der Waals surface area (Å²) in [5.74, 6) is -5.66. The van der Waals surface area contributed by atoms with Crippen molar-refractivity contribution in [2.75, 3.05) is 7.11 Å². The van der Waals surface area contributed by atoms with Crippen LogP contribution in [0, 0.1) is 0 Å². The Morgan fingerprint density at radius 2 is 1.20 bits per heavy atom. The molecule has 0 aromatic carbocycles. The third kappa shape index (κ3) is 32.0. The Balaban J connectivity index is -0.000000315. The second kappa shape index (κ2) is 28.6. The average molecular weight is 617 g/mol. The van der Waals surface area contributed by atoms with Gasteiger partial charge in [-0.1, -0.05) is 70.4 Å². The molecule has 40 heavy (non-hydrogen) atoms. The zero-order chi connectivity index (χ0) is 29.5. The van der Waals surface area contributed by atoms with Crippen LogP contribution in [0.1, 0.15) is 110 Å². The number of ether oxygens (including phenoxy) is 1. The summed E-state index contributed by atoms with van der Waals surface area (Å²) in [6.45, 7) is 2.27. The molecule has 0 spiro atoms. The molecule has 0 aromatic rings. The number of rotatable bonds is 21. The van der Waals surface area contributed by atoms with Crippen molar-refractivity contribution < 1.29 is 56.4 Å². The Hall–Kier alpha value is -0.510. The predicted molar refractivity (Wildman–Crippen MR) is 153 cm³/mol. The van der Waals surface area contributed by atoms with Crippen LogP contribution in [0.2, 0.25) is 0 Å². The van der Waals surface area contributed by atoms with Crippen LogP contribution in [0.15, 0.2) is 12.2 Å². The Labute approximate surface area is 282 Å². The number of carbonyl (C=O) groups excluding carboxylic acids is 2. The number of hydrogen-bond donors (Lipinski definition) is 4. The van der Waals surface area contributed by atoms with Gasteiger partial charge in [-0.2, -0.15) is 8.42 Å². The van der Waals surface area contributed by atoms with Crippen LogP contribution < -0.4 is 0 Å². The average Bonchev–Trinajstić information content (AvgIpc) is 2.79. The van der Waals surface area contributed by atoms with Gasteiger partial charge < -0.3 is 24.2 Å². The molecular formula is C25H46Na2O12S. The van der Waals surface area contributed by atoms with Gasteiger partial charge in [-0.15, -0.1) is 0 Å². The molecule has 0 radical (unpaired) electrons. The first-order valence-corrected chi connectivity index (χ1v) is 14.2. The molecular weight excluding hydrogens is 570 g/mol. The molecule has 1 atom stereocenters. The predicted octanol–water partition coefficient (Wildman–Crippen LogP) is 2.91. The summed E-state index contributed by atoms with van der Waals surface area (Å²) in [6, 6.07) is 0. The quantitative estimate of drug-likeness (QED) is 0.0484. The number of allylic oxidation sites excluding steroid dienone is 2. The second-order valence-electron chi connectivity index (χ2n) is 8.88. The maximum atomic E-state index is 10.9. The van der Waals surface area contributed by atoms with Crippen molar-refractivity contribution in [2.45, 2.75) is 115 Å². The molecule has 1 unspecified atom stereocenters. The summed E-state index contributed by atoms with van der Waals surface area (Å²) in [6.07, 6.45) is 19.2. The van der Waals surface area contributed by atoms with E-state index in [1.54, 1.807) is 0 Å². The molecule has 0 amide bonds. The molecule has 0 heterocycles. The number of unbranched alkanes of at least 4 members (excludes halogenated alkanes) is 11. The number of carboxylic acids is 2. The minimum atomic E-state index is -5.15. The number of carbonyl (C=O) groups is 4. The SMILES string of the molecule is CCCCCCCC/C=C\CCCCCCCC(=O)OC.O=C(O)CC(O)(CC(=O)OS(=O)(=O)O)C(=O)O.[NaH].[NaH]. The molecule has 0 aliphatic carbocycles. The minimum absolute atomic E-state index is 0. The molecule has 0 saturated heterocycles. The van der Waals surface area contributed by atoms with Crippen LogP contribution >= 0.6 is 0 Å². The van der Waals surface area contributed by atoms with Crippen molar-refractivity contribution in [2.24, 2.45) is 0 Å². The molecule has 0 aliphatic heterocycles. The Morgan fingerprint density at radius 3 is 1.60 bits per heavy atom. The van der Waals surface area contributed by atoms with Gasteiger partial charge in [0.15, 0.2) is 5.60 Å². The van der Waals surface area contributed by atoms with E-state index in [2.05, 4.69) is 28.0 Å². The van der Waals surface area contributed by atoms with E-state index in [1.165, 1.54) is 77.7 Å². The standard InChI is InChI=1S/C19H36O2.C6H8O10S.2Na.2H/c1-3-4-5-6-7-8-9-10-11-12-13-14-15-16-17-18-19(20)21-2;7-3(8)1-6(12,5(10)11)2-4(9)16-17(13,14)15;;;;/h10-11H,3-9,12-18H2,1-2H3;12H,1-2H2,(H,7,8)(H,10,11)(H,13,14,15);;;;/b11-10-;;;;;. The zero-order valence-electron chi connectivity index (χ0n) is 22.4. The fraction of sp³-hybridized carbons (Fsp3) is 0.760. The van der Waals surface area contributed by atoms with Crippen molar-refractivity contribution in [3.8, 4) is 0 Å². The third-order valence-electron chi connectivity index (χ3n) is 5.35. The number of carboxylic acid groups (broad SMARTS) is 2. The van der Waals surface area contributed by atoms with Gasteiger partial charge >= 0.3 is 93.4 Å². The molecule has 0 saturated carbocycles. The van der Waals surface area contributed by atoms with Crippen molar-refractivity contribution in [1.82, 2.24) is 0 Å². The van der Waals surface area contributed by atoms with E-state index in [4.69, 9.17) is 14.8 Å². The monoisotopic (exact) mass is 616 g/mol.